The summed E-state index contributed by atoms with van der Waals surface area (Å²) in [4.78, 5) is 7.58. The van der Waals surface area contributed by atoms with Gasteiger partial charge < -0.3 is 4.90 Å². The zero-order chi connectivity index (χ0) is 13.3. The van der Waals surface area contributed by atoms with Gasteiger partial charge >= 0.3 is 0 Å². The van der Waals surface area contributed by atoms with E-state index in [0.717, 1.165) is 12.8 Å². The van der Waals surface area contributed by atoms with Gasteiger partial charge in [0.1, 0.15) is 0 Å². The van der Waals surface area contributed by atoms with Gasteiger partial charge in [-0.3, -0.25) is 4.99 Å². The summed E-state index contributed by atoms with van der Waals surface area (Å²) in [5.74, 6) is 0. The van der Waals surface area contributed by atoms with Crippen molar-refractivity contribution in [3.63, 3.8) is 0 Å². The summed E-state index contributed by atoms with van der Waals surface area (Å²) in [6.45, 7) is 8.22. The molecule has 0 atom stereocenters. The average molecular weight is 512 g/mol. The summed E-state index contributed by atoms with van der Waals surface area (Å²) in [6.07, 6.45) is 4.90. The second-order valence-corrected chi connectivity index (χ2v) is 6.50. The molecule has 2 nitrogen and oxygen atoms in total. The number of fused-ring (bicyclic) bond motifs is 1. The average Bonchev–Trinajstić information content (AvgIpc) is 2.87. The van der Waals surface area contributed by atoms with Crippen molar-refractivity contribution in [3.8, 4) is 0 Å². The predicted octanol–water partition coefficient (Wildman–Crippen LogP) is 4.53. The van der Waals surface area contributed by atoms with E-state index in [1.54, 1.807) is 0 Å². The maximum atomic E-state index is 5.01. The molecule has 0 amide bonds. The highest BCUT2D eigenvalue weighted by atomic mass is 127. The molecule has 0 bridgehead atoms. The third kappa shape index (κ3) is 4.89. The Hall–Kier alpha value is 0.310. The van der Waals surface area contributed by atoms with Gasteiger partial charge in [-0.1, -0.05) is 24.3 Å². The van der Waals surface area contributed by atoms with Gasteiger partial charge in [0, 0.05) is 18.7 Å². The van der Waals surface area contributed by atoms with Crippen molar-refractivity contribution < 1.29 is 0 Å². The molecule has 21 heavy (non-hydrogen) atoms. The van der Waals surface area contributed by atoms with Crippen LogP contribution in [0, 0.1) is 0 Å². The van der Waals surface area contributed by atoms with Gasteiger partial charge in [-0.2, -0.15) is 0 Å². The standard InChI is InChI=1S/C17H24N2.2HI/c1-17(2)13-14-7-3-4-8-15(14)16(18-17)9-12-19-10-5-6-11-19;;/h3-4,7-8H,5-6,9-13H2,1-2H3;2*1H. The fraction of sp³-hybridized carbons (Fsp3) is 0.588. The summed E-state index contributed by atoms with van der Waals surface area (Å²) in [6, 6.07) is 8.80. The van der Waals surface area contributed by atoms with Crippen LogP contribution in [0.2, 0.25) is 0 Å². The lowest BCUT2D eigenvalue weighted by atomic mass is 9.86. The molecule has 0 unspecified atom stereocenters. The van der Waals surface area contributed by atoms with E-state index in [-0.39, 0.29) is 53.5 Å². The molecule has 3 rings (SSSR count). The van der Waals surface area contributed by atoms with Gasteiger partial charge in [-0.15, -0.1) is 48.0 Å². The molecule has 1 aromatic carbocycles. The lowest BCUT2D eigenvalue weighted by Gasteiger charge is -2.29. The largest absolute Gasteiger partial charge is 0.303 e. The van der Waals surface area contributed by atoms with Gasteiger partial charge in [0.2, 0.25) is 0 Å². The second kappa shape index (κ2) is 8.24. The van der Waals surface area contributed by atoms with Gasteiger partial charge in [0.25, 0.3) is 0 Å². The van der Waals surface area contributed by atoms with Crippen molar-refractivity contribution in [2.24, 2.45) is 4.99 Å². The van der Waals surface area contributed by atoms with Crippen molar-refractivity contribution >= 4 is 53.7 Å². The minimum absolute atomic E-state index is 0. The molecule has 1 aromatic rings. The molecule has 118 valence electrons. The Balaban J connectivity index is 0.00000110. The Kier molecular flexibility index (Phi) is 7.60. The van der Waals surface area contributed by atoms with Crippen LogP contribution >= 0.6 is 48.0 Å². The van der Waals surface area contributed by atoms with E-state index < -0.39 is 0 Å². The van der Waals surface area contributed by atoms with Crippen molar-refractivity contribution in [2.75, 3.05) is 19.6 Å². The Morgan fingerprint density at radius 3 is 2.48 bits per heavy atom. The van der Waals surface area contributed by atoms with Crippen LogP contribution in [0.15, 0.2) is 29.3 Å². The summed E-state index contributed by atoms with van der Waals surface area (Å²) in [5, 5.41) is 0. The van der Waals surface area contributed by atoms with E-state index >= 15 is 0 Å². The number of halogens is 2. The lowest BCUT2D eigenvalue weighted by Crippen LogP contribution is -2.31. The number of hydrogen-bond acceptors (Lipinski definition) is 2. The molecule has 4 heteroatoms. The molecule has 1 fully saturated rings. The van der Waals surface area contributed by atoms with Crippen LogP contribution in [-0.2, 0) is 6.42 Å². The molecule has 0 spiro atoms. The highest BCUT2D eigenvalue weighted by molar-refractivity contribution is 14.0. The van der Waals surface area contributed by atoms with Crippen LogP contribution in [-0.4, -0.2) is 35.8 Å². The molecule has 0 N–H and O–H groups in total. The first-order valence-corrected chi connectivity index (χ1v) is 7.53. The minimum Gasteiger partial charge on any atom is -0.303 e. The molecule has 0 aromatic heterocycles. The summed E-state index contributed by atoms with van der Waals surface area (Å²) < 4.78 is 0. The summed E-state index contributed by atoms with van der Waals surface area (Å²) in [7, 11) is 0. The summed E-state index contributed by atoms with van der Waals surface area (Å²) >= 11 is 0. The van der Waals surface area contributed by atoms with Crippen LogP contribution in [0.25, 0.3) is 0 Å². The van der Waals surface area contributed by atoms with E-state index in [0.29, 0.717) is 0 Å². The molecule has 0 saturated carbocycles. The van der Waals surface area contributed by atoms with E-state index in [1.165, 1.54) is 49.3 Å². The number of nitrogens with zero attached hydrogens (tertiary/aromatic N) is 2. The third-order valence-electron chi connectivity index (χ3n) is 4.25. The third-order valence-corrected chi connectivity index (χ3v) is 4.25. The molecule has 0 aliphatic carbocycles. The number of rotatable bonds is 3. The van der Waals surface area contributed by atoms with Crippen LogP contribution in [0.5, 0.6) is 0 Å². The second-order valence-electron chi connectivity index (χ2n) is 6.50. The minimum atomic E-state index is 0. The lowest BCUT2D eigenvalue weighted by molar-refractivity contribution is 0.349. The first-order chi connectivity index (χ1) is 9.14. The Labute approximate surface area is 162 Å². The van der Waals surface area contributed by atoms with Crippen LogP contribution in [0.1, 0.15) is 44.2 Å². The molecule has 2 aliphatic rings. The van der Waals surface area contributed by atoms with Gasteiger partial charge in [0.15, 0.2) is 0 Å². The molecular formula is C17H26I2N2. The fourth-order valence-corrected chi connectivity index (χ4v) is 3.35. The van der Waals surface area contributed by atoms with Crippen LogP contribution in [0.3, 0.4) is 0 Å². The van der Waals surface area contributed by atoms with E-state index in [1.807, 2.05) is 0 Å². The zero-order valence-corrected chi connectivity index (χ0v) is 17.6. The van der Waals surface area contributed by atoms with E-state index in [2.05, 4.69) is 43.0 Å². The fourth-order valence-electron chi connectivity index (χ4n) is 3.35. The van der Waals surface area contributed by atoms with Crippen molar-refractivity contribution in [1.82, 2.24) is 4.90 Å². The number of aliphatic imine (C=N–C) groups is 1. The van der Waals surface area contributed by atoms with E-state index in [9.17, 15) is 0 Å². The normalized spacial score (nSPS) is 20.0. The Morgan fingerprint density at radius 2 is 1.76 bits per heavy atom. The number of hydrogen-bond donors (Lipinski definition) is 0. The highest BCUT2D eigenvalue weighted by Crippen LogP contribution is 2.28. The first-order valence-electron chi connectivity index (χ1n) is 7.53. The van der Waals surface area contributed by atoms with Crippen molar-refractivity contribution in [1.29, 1.82) is 0 Å². The van der Waals surface area contributed by atoms with E-state index in [4.69, 9.17) is 4.99 Å². The number of likely N-dealkylation sites (tertiary alicyclic amines) is 1. The van der Waals surface area contributed by atoms with Crippen LogP contribution < -0.4 is 0 Å². The monoisotopic (exact) mass is 512 g/mol. The van der Waals surface area contributed by atoms with Gasteiger partial charge in [-0.05, 0) is 57.3 Å². The van der Waals surface area contributed by atoms with Gasteiger partial charge in [0.05, 0.1) is 5.54 Å². The molecular weight excluding hydrogens is 486 g/mol. The van der Waals surface area contributed by atoms with Crippen LogP contribution in [0.4, 0.5) is 0 Å². The Bertz CT molecular complexity index is 491. The quantitative estimate of drug-likeness (QED) is 0.544. The molecule has 0 radical (unpaired) electrons. The van der Waals surface area contributed by atoms with Gasteiger partial charge in [-0.25, -0.2) is 0 Å². The number of benzene rings is 1. The maximum Gasteiger partial charge on any atom is 0.0596 e. The predicted molar refractivity (Wildman–Crippen MR) is 112 cm³/mol. The molecule has 2 heterocycles. The first kappa shape index (κ1) is 19.4. The SMILES string of the molecule is CC1(C)Cc2ccccc2C(CCN2CCCC2)=N1.I.I. The van der Waals surface area contributed by atoms with Crippen molar-refractivity contribution in [2.45, 2.75) is 45.1 Å². The molecule has 2 aliphatic heterocycles. The Morgan fingerprint density at radius 1 is 1.10 bits per heavy atom. The topological polar surface area (TPSA) is 15.6 Å². The molecule has 1 saturated heterocycles. The highest BCUT2D eigenvalue weighted by Gasteiger charge is 2.26. The zero-order valence-electron chi connectivity index (χ0n) is 13.0. The maximum absolute atomic E-state index is 5.01. The smallest absolute Gasteiger partial charge is 0.0596 e. The van der Waals surface area contributed by atoms with Crippen molar-refractivity contribution in [3.05, 3.63) is 35.4 Å². The summed E-state index contributed by atoms with van der Waals surface area (Å²) in [5.41, 5.74) is 4.24.